The van der Waals surface area contributed by atoms with Gasteiger partial charge in [0.25, 0.3) is 0 Å². The van der Waals surface area contributed by atoms with E-state index in [2.05, 4.69) is 108 Å². The number of rotatable bonds is 5. The number of benzene rings is 4. The lowest BCUT2D eigenvalue weighted by Gasteiger charge is -2.36. The van der Waals surface area contributed by atoms with Gasteiger partial charge in [-0.3, -0.25) is 0 Å². The van der Waals surface area contributed by atoms with Crippen molar-refractivity contribution in [3.63, 3.8) is 0 Å². The highest BCUT2D eigenvalue weighted by molar-refractivity contribution is 6.35. The second-order valence-electron chi connectivity index (χ2n) is 7.54. The minimum absolute atomic E-state index is 0. The second kappa shape index (κ2) is 10.0. The van der Waals surface area contributed by atoms with E-state index in [1.807, 2.05) is 35.0 Å². The van der Waals surface area contributed by atoms with Crippen LogP contribution >= 0.6 is 0 Å². The molecule has 0 aliphatic carbocycles. The summed E-state index contributed by atoms with van der Waals surface area (Å²) < 4.78 is 1.97. The molecular weight excluding hydrogens is 411 g/mol. The standard InChI is InChI=1S/C26H21BN4.2H2O/c27-24-19-11-10-18-23(24)25-28-29-30-31(25)26(20-12-4-1-5-13-20,21-14-6-2-7-15-21)22-16-8-3-9-17-22;;/h1-19H,27H2;2*1H2. The van der Waals surface area contributed by atoms with Crippen LogP contribution in [0, 0.1) is 0 Å². The SMILES string of the molecule is Bc1ccccc1-c1nnnn1C(c1ccccc1)(c1ccccc1)c1ccccc1.O.O. The molecule has 7 heteroatoms. The second-order valence-corrected chi connectivity index (χ2v) is 7.54. The summed E-state index contributed by atoms with van der Waals surface area (Å²) in [7, 11) is 2.09. The first-order valence-corrected chi connectivity index (χ1v) is 10.3. The molecule has 0 spiro atoms. The molecule has 164 valence electrons. The maximum atomic E-state index is 4.59. The third-order valence-electron chi connectivity index (χ3n) is 5.75. The molecule has 0 atom stereocenters. The van der Waals surface area contributed by atoms with Gasteiger partial charge in [0, 0.05) is 5.56 Å². The molecule has 0 radical (unpaired) electrons. The zero-order valence-corrected chi connectivity index (χ0v) is 18.3. The first-order chi connectivity index (χ1) is 15.3. The molecular formula is C26H25BN4O2. The molecule has 0 unspecified atom stereocenters. The summed E-state index contributed by atoms with van der Waals surface area (Å²) in [5, 5.41) is 13.2. The Labute approximate surface area is 193 Å². The summed E-state index contributed by atoms with van der Waals surface area (Å²) in [5.41, 5.74) is 4.69. The Morgan fingerprint density at radius 2 is 1.00 bits per heavy atom. The van der Waals surface area contributed by atoms with Gasteiger partial charge in [-0.15, -0.1) is 5.10 Å². The van der Waals surface area contributed by atoms with Crippen LogP contribution in [0.1, 0.15) is 16.7 Å². The molecule has 4 aromatic carbocycles. The van der Waals surface area contributed by atoms with E-state index < -0.39 is 5.54 Å². The van der Waals surface area contributed by atoms with Gasteiger partial charge in [0.2, 0.25) is 0 Å². The van der Waals surface area contributed by atoms with Gasteiger partial charge in [-0.05, 0) is 27.1 Å². The fourth-order valence-electron chi connectivity index (χ4n) is 4.31. The van der Waals surface area contributed by atoms with E-state index in [-0.39, 0.29) is 11.0 Å². The van der Waals surface area contributed by atoms with Crippen LogP contribution in [0.25, 0.3) is 11.4 Å². The smallest absolute Gasteiger partial charge is 0.183 e. The first kappa shape index (κ1) is 23.6. The van der Waals surface area contributed by atoms with E-state index in [1.165, 1.54) is 0 Å². The van der Waals surface area contributed by atoms with Crippen molar-refractivity contribution in [2.45, 2.75) is 5.54 Å². The minimum atomic E-state index is -0.731. The van der Waals surface area contributed by atoms with Gasteiger partial charge in [-0.25, -0.2) is 4.68 Å². The largest absolute Gasteiger partial charge is 0.412 e. The molecule has 0 amide bonds. The van der Waals surface area contributed by atoms with Crippen LogP contribution in [-0.2, 0) is 5.54 Å². The summed E-state index contributed by atoms with van der Waals surface area (Å²) in [6, 6.07) is 39.6. The minimum Gasteiger partial charge on any atom is -0.412 e. The molecule has 1 aromatic heterocycles. The van der Waals surface area contributed by atoms with Gasteiger partial charge in [-0.2, -0.15) is 0 Å². The normalized spacial score (nSPS) is 10.7. The fourth-order valence-corrected chi connectivity index (χ4v) is 4.31. The maximum absolute atomic E-state index is 4.59. The first-order valence-electron chi connectivity index (χ1n) is 10.3. The highest BCUT2D eigenvalue weighted by atomic mass is 16.0. The fraction of sp³-hybridized carbons (Fsp3) is 0.0385. The molecule has 0 aliphatic rings. The van der Waals surface area contributed by atoms with Crippen molar-refractivity contribution in [2.24, 2.45) is 0 Å². The molecule has 5 aromatic rings. The van der Waals surface area contributed by atoms with E-state index in [0.717, 1.165) is 33.5 Å². The van der Waals surface area contributed by atoms with Crippen molar-refractivity contribution in [1.29, 1.82) is 0 Å². The van der Waals surface area contributed by atoms with E-state index >= 15 is 0 Å². The average molecular weight is 436 g/mol. The molecule has 33 heavy (non-hydrogen) atoms. The highest BCUT2D eigenvalue weighted by Crippen LogP contribution is 2.41. The van der Waals surface area contributed by atoms with Gasteiger partial charge >= 0.3 is 0 Å². The Hall–Kier alpha value is -4.07. The lowest BCUT2D eigenvalue weighted by Crippen LogP contribution is -2.39. The molecule has 0 fully saturated rings. The summed E-state index contributed by atoms with van der Waals surface area (Å²) in [4.78, 5) is 0. The maximum Gasteiger partial charge on any atom is 0.183 e. The number of nitrogens with zero attached hydrogens (tertiary/aromatic N) is 4. The number of hydrogen-bond donors (Lipinski definition) is 0. The van der Waals surface area contributed by atoms with E-state index in [9.17, 15) is 0 Å². The Morgan fingerprint density at radius 3 is 1.45 bits per heavy atom. The molecule has 0 bridgehead atoms. The van der Waals surface area contributed by atoms with Crippen molar-refractivity contribution in [3.8, 4) is 11.4 Å². The van der Waals surface area contributed by atoms with Crippen molar-refractivity contribution in [1.82, 2.24) is 20.2 Å². The van der Waals surface area contributed by atoms with Crippen LogP contribution in [-0.4, -0.2) is 39.0 Å². The van der Waals surface area contributed by atoms with Gasteiger partial charge in [-0.1, -0.05) is 121 Å². The molecule has 4 N–H and O–H groups in total. The molecule has 1 heterocycles. The van der Waals surface area contributed by atoms with E-state index in [4.69, 9.17) is 0 Å². The van der Waals surface area contributed by atoms with Gasteiger partial charge in [0.1, 0.15) is 13.4 Å². The van der Waals surface area contributed by atoms with Gasteiger partial charge < -0.3 is 11.0 Å². The third kappa shape index (κ3) is 3.95. The number of aromatic nitrogens is 4. The van der Waals surface area contributed by atoms with Crippen LogP contribution < -0.4 is 5.46 Å². The zero-order valence-electron chi connectivity index (χ0n) is 18.3. The summed E-state index contributed by atoms with van der Waals surface area (Å²) in [6.07, 6.45) is 0. The molecule has 0 aliphatic heterocycles. The quantitative estimate of drug-likeness (QED) is 0.310. The van der Waals surface area contributed by atoms with Crippen LogP contribution in [0.2, 0.25) is 0 Å². The van der Waals surface area contributed by atoms with Gasteiger partial charge in [0.15, 0.2) is 5.82 Å². The Balaban J connectivity index is 0.00000153. The molecule has 0 saturated carbocycles. The van der Waals surface area contributed by atoms with E-state index in [0.29, 0.717) is 0 Å². The van der Waals surface area contributed by atoms with Crippen molar-refractivity contribution >= 4 is 13.3 Å². The van der Waals surface area contributed by atoms with Crippen LogP contribution in [0.15, 0.2) is 115 Å². The monoisotopic (exact) mass is 436 g/mol. The predicted molar refractivity (Wildman–Crippen MR) is 133 cm³/mol. The van der Waals surface area contributed by atoms with Crippen molar-refractivity contribution < 1.29 is 11.0 Å². The Morgan fingerprint density at radius 1 is 0.576 bits per heavy atom. The summed E-state index contributed by atoms with van der Waals surface area (Å²) >= 11 is 0. The van der Waals surface area contributed by atoms with Crippen LogP contribution in [0.3, 0.4) is 0 Å². The lowest BCUT2D eigenvalue weighted by molar-refractivity contribution is 0.451. The van der Waals surface area contributed by atoms with E-state index in [1.54, 1.807) is 0 Å². The Kier molecular flexibility index (Phi) is 7.18. The van der Waals surface area contributed by atoms with Crippen LogP contribution in [0.5, 0.6) is 0 Å². The third-order valence-corrected chi connectivity index (χ3v) is 5.75. The predicted octanol–water partition coefficient (Wildman–Crippen LogP) is 1.79. The summed E-state index contributed by atoms with van der Waals surface area (Å²) in [5.74, 6) is 0.731. The topological polar surface area (TPSA) is 107 Å². The van der Waals surface area contributed by atoms with Crippen molar-refractivity contribution in [3.05, 3.63) is 132 Å². The molecule has 0 saturated heterocycles. The van der Waals surface area contributed by atoms with Gasteiger partial charge in [0.05, 0.1) is 0 Å². The molecule has 5 rings (SSSR count). The van der Waals surface area contributed by atoms with Crippen LogP contribution in [0.4, 0.5) is 0 Å². The highest BCUT2D eigenvalue weighted by Gasteiger charge is 2.41. The zero-order chi connectivity index (χ0) is 21.1. The average Bonchev–Trinajstić information content (AvgIpc) is 3.32. The molecule has 6 nitrogen and oxygen atoms in total. The lowest BCUT2D eigenvalue weighted by atomic mass is 9.76. The number of hydrogen-bond acceptors (Lipinski definition) is 3. The summed E-state index contributed by atoms with van der Waals surface area (Å²) in [6.45, 7) is 0. The number of tetrazole rings is 1. The Bertz CT molecular complexity index is 1200. The van der Waals surface area contributed by atoms with Crippen molar-refractivity contribution in [2.75, 3.05) is 0 Å².